The first-order valence-electron chi connectivity index (χ1n) is 5.73. The molecule has 0 aliphatic heterocycles. The van der Waals surface area contributed by atoms with Gasteiger partial charge < -0.3 is 0 Å². The van der Waals surface area contributed by atoms with Crippen molar-refractivity contribution in [1.82, 2.24) is 4.98 Å². The zero-order chi connectivity index (χ0) is 12.6. The van der Waals surface area contributed by atoms with Gasteiger partial charge in [0.1, 0.15) is 0 Å². The van der Waals surface area contributed by atoms with Crippen LogP contribution in [0.5, 0.6) is 0 Å². The lowest BCUT2D eigenvalue weighted by atomic mass is 10.0. The summed E-state index contributed by atoms with van der Waals surface area (Å²) in [6.45, 7) is 6.35. The second kappa shape index (κ2) is 4.83. The first-order chi connectivity index (χ1) is 7.99. The van der Waals surface area contributed by atoms with Gasteiger partial charge in [0.15, 0.2) is 0 Å². The summed E-state index contributed by atoms with van der Waals surface area (Å²) in [5.41, 5.74) is 2.93. The molecule has 2 rings (SSSR count). The van der Waals surface area contributed by atoms with Gasteiger partial charge in [-0.2, -0.15) is 0 Å². The molecule has 0 amide bonds. The van der Waals surface area contributed by atoms with E-state index in [1.807, 2.05) is 25.1 Å². The Morgan fingerprint density at radius 3 is 2.53 bits per heavy atom. The molecule has 17 heavy (non-hydrogen) atoms. The molecule has 0 fully saturated rings. The number of halogens is 2. The van der Waals surface area contributed by atoms with Gasteiger partial charge in [-0.25, -0.2) is 0 Å². The highest BCUT2D eigenvalue weighted by Gasteiger charge is 2.10. The standard InChI is InChI=1S/C14H15Cl2N/c1-8(2)6-10-7-12(16)13-9(3)4-5-11(15)14(13)17-10/h4-5,7-8H,6H2,1-3H3. The molecule has 0 saturated heterocycles. The van der Waals surface area contributed by atoms with E-state index in [9.17, 15) is 0 Å². The third-order valence-electron chi connectivity index (χ3n) is 2.74. The average molecular weight is 268 g/mol. The highest BCUT2D eigenvalue weighted by atomic mass is 35.5. The van der Waals surface area contributed by atoms with Crippen LogP contribution in [0.25, 0.3) is 10.9 Å². The Morgan fingerprint density at radius 1 is 1.18 bits per heavy atom. The van der Waals surface area contributed by atoms with Crippen molar-refractivity contribution in [3.8, 4) is 0 Å². The third-order valence-corrected chi connectivity index (χ3v) is 3.35. The molecular formula is C14H15Cl2N. The average Bonchev–Trinajstić information content (AvgIpc) is 2.22. The summed E-state index contributed by atoms with van der Waals surface area (Å²) in [6.07, 6.45) is 0.917. The minimum atomic E-state index is 0.555. The minimum Gasteiger partial charge on any atom is -0.251 e. The van der Waals surface area contributed by atoms with Gasteiger partial charge in [-0.15, -0.1) is 0 Å². The number of aromatic nitrogens is 1. The van der Waals surface area contributed by atoms with Crippen LogP contribution in [0.4, 0.5) is 0 Å². The van der Waals surface area contributed by atoms with E-state index in [1.165, 1.54) is 0 Å². The molecule has 0 unspecified atom stereocenters. The number of fused-ring (bicyclic) bond motifs is 1. The van der Waals surface area contributed by atoms with Gasteiger partial charge in [0.2, 0.25) is 0 Å². The normalized spacial score (nSPS) is 11.4. The van der Waals surface area contributed by atoms with Gasteiger partial charge in [0, 0.05) is 11.1 Å². The fraction of sp³-hybridized carbons (Fsp3) is 0.357. The van der Waals surface area contributed by atoms with Crippen molar-refractivity contribution in [3.63, 3.8) is 0 Å². The molecule has 0 atom stereocenters. The molecule has 1 aromatic carbocycles. The van der Waals surface area contributed by atoms with E-state index >= 15 is 0 Å². The highest BCUT2D eigenvalue weighted by molar-refractivity contribution is 6.39. The molecule has 90 valence electrons. The van der Waals surface area contributed by atoms with Gasteiger partial charge >= 0.3 is 0 Å². The quantitative estimate of drug-likeness (QED) is 0.742. The van der Waals surface area contributed by atoms with Gasteiger partial charge in [0.05, 0.1) is 15.6 Å². The van der Waals surface area contributed by atoms with E-state index in [1.54, 1.807) is 0 Å². The summed E-state index contributed by atoms with van der Waals surface area (Å²) >= 11 is 12.5. The Balaban J connectivity index is 2.68. The lowest BCUT2D eigenvalue weighted by Crippen LogP contribution is -1.98. The lowest BCUT2D eigenvalue weighted by molar-refractivity contribution is 0.637. The van der Waals surface area contributed by atoms with Gasteiger partial charge in [-0.05, 0) is 37.0 Å². The van der Waals surface area contributed by atoms with Crippen molar-refractivity contribution in [2.24, 2.45) is 5.92 Å². The number of hydrogen-bond acceptors (Lipinski definition) is 1. The van der Waals surface area contributed by atoms with Crippen LogP contribution < -0.4 is 0 Å². The Labute approximate surface area is 112 Å². The maximum absolute atomic E-state index is 6.32. The molecule has 1 heterocycles. The second-order valence-corrected chi connectivity index (χ2v) is 5.60. The molecule has 0 saturated carbocycles. The zero-order valence-electron chi connectivity index (χ0n) is 10.2. The van der Waals surface area contributed by atoms with Gasteiger partial charge in [0.25, 0.3) is 0 Å². The summed E-state index contributed by atoms with van der Waals surface area (Å²) in [5.74, 6) is 0.555. The molecule has 0 radical (unpaired) electrons. The van der Waals surface area contributed by atoms with E-state index in [4.69, 9.17) is 23.2 Å². The van der Waals surface area contributed by atoms with E-state index in [-0.39, 0.29) is 0 Å². The van der Waals surface area contributed by atoms with Crippen LogP contribution in [0, 0.1) is 12.8 Å². The number of hydrogen-bond donors (Lipinski definition) is 0. The fourth-order valence-electron chi connectivity index (χ4n) is 1.99. The van der Waals surface area contributed by atoms with Crippen molar-refractivity contribution in [3.05, 3.63) is 39.5 Å². The first kappa shape index (κ1) is 12.7. The number of nitrogens with zero attached hydrogens (tertiary/aromatic N) is 1. The smallest absolute Gasteiger partial charge is 0.0909 e. The Bertz CT molecular complexity index is 562. The Morgan fingerprint density at radius 2 is 1.88 bits per heavy atom. The van der Waals surface area contributed by atoms with Crippen LogP contribution in [0.15, 0.2) is 18.2 Å². The third kappa shape index (κ3) is 2.56. The summed E-state index contributed by atoms with van der Waals surface area (Å²) < 4.78 is 0. The van der Waals surface area contributed by atoms with E-state index in [0.717, 1.165) is 33.6 Å². The minimum absolute atomic E-state index is 0.555. The first-order valence-corrected chi connectivity index (χ1v) is 6.49. The van der Waals surface area contributed by atoms with Crippen LogP contribution in [-0.4, -0.2) is 4.98 Å². The second-order valence-electron chi connectivity index (χ2n) is 4.78. The van der Waals surface area contributed by atoms with Gasteiger partial charge in [-0.3, -0.25) is 4.98 Å². The molecule has 0 bridgehead atoms. The van der Waals surface area contributed by atoms with Crippen molar-refractivity contribution >= 4 is 34.1 Å². The van der Waals surface area contributed by atoms with Crippen molar-refractivity contribution in [2.45, 2.75) is 27.2 Å². The van der Waals surface area contributed by atoms with Crippen LogP contribution >= 0.6 is 23.2 Å². The van der Waals surface area contributed by atoms with E-state index in [2.05, 4.69) is 18.8 Å². The number of rotatable bonds is 2. The number of pyridine rings is 1. The summed E-state index contributed by atoms with van der Waals surface area (Å²) in [4.78, 5) is 4.62. The predicted molar refractivity (Wildman–Crippen MR) is 75.0 cm³/mol. The van der Waals surface area contributed by atoms with Crippen LogP contribution in [-0.2, 0) is 6.42 Å². The largest absolute Gasteiger partial charge is 0.251 e. The monoisotopic (exact) mass is 267 g/mol. The van der Waals surface area contributed by atoms with Crippen LogP contribution in [0.2, 0.25) is 10.0 Å². The Hall–Kier alpha value is -0.790. The van der Waals surface area contributed by atoms with Crippen molar-refractivity contribution < 1.29 is 0 Å². The predicted octanol–water partition coefficient (Wildman–Crippen LogP) is 5.05. The molecule has 0 aliphatic carbocycles. The topological polar surface area (TPSA) is 12.9 Å². The Kier molecular flexibility index (Phi) is 3.60. The lowest BCUT2D eigenvalue weighted by Gasteiger charge is -2.10. The van der Waals surface area contributed by atoms with E-state index in [0.29, 0.717) is 10.9 Å². The highest BCUT2D eigenvalue weighted by Crippen LogP contribution is 2.31. The van der Waals surface area contributed by atoms with Crippen LogP contribution in [0.1, 0.15) is 25.1 Å². The fourth-order valence-corrected chi connectivity index (χ4v) is 2.56. The molecule has 0 N–H and O–H groups in total. The van der Waals surface area contributed by atoms with Crippen LogP contribution in [0.3, 0.4) is 0 Å². The molecule has 2 aromatic rings. The summed E-state index contributed by atoms with van der Waals surface area (Å²) in [5, 5.41) is 2.37. The number of benzene rings is 1. The molecule has 1 nitrogen and oxygen atoms in total. The van der Waals surface area contributed by atoms with Crippen molar-refractivity contribution in [1.29, 1.82) is 0 Å². The van der Waals surface area contributed by atoms with Crippen molar-refractivity contribution in [2.75, 3.05) is 0 Å². The number of aryl methyl sites for hydroxylation is 1. The summed E-state index contributed by atoms with van der Waals surface area (Å²) in [6, 6.07) is 5.80. The maximum Gasteiger partial charge on any atom is 0.0909 e. The summed E-state index contributed by atoms with van der Waals surface area (Å²) in [7, 11) is 0. The molecule has 3 heteroatoms. The maximum atomic E-state index is 6.32. The van der Waals surface area contributed by atoms with E-state index < -0.39 is 0 Å². The molecule has 0 aliphatic rings. The van der Waals surface area contributed by atoms with Gasteiger partial charge in [-0.1, -0.05) is 43.1 Å². The molecule has 0 spiro atoms. The molecule has 1 aromatic heterocycles. The zero-order valence-corrected chi connectivity index (χ0v) is 11.7. The SMILES string of the molecule is Cc1ccc(Cl)c2nc(CC(C)C)cc(Cl)c12. The molecular weight excluding hydrogens is 253 g/mol.